The topological polar surface area (TPSA) is 65.9 Å². The van der Waals surface area contributed by atoms with Gasteiger partial charge in [-0.15, -0.1) is 11.3 Å². The fraction of sp³-hybridized carbons (Fsp3) is 0.407. The van der Waals surface area contributed by atoms with Crippen molar-refractivity contribution >= 4 is 39.2 Å². The Kier molecular flexibility index (Phi) is 4.47. The minimum absolute atomic E-state index is 0.143. The van der Waals surface area contributed by atoms with Crippen molar-refractivity contribution in [2.75, 3.05) is 19.6 Å². The molecule has 7 rings (SSSR count). The van der Waals surface area contributed by atoms with Crippen LogP contribution in [0.4, 0.5) is 0 Å². The highest BCUT2D eigenvalue weighted by atomic mass is 32.1. The van der Waals surface area contributed by atoms with Gasteiger partial charge in [-0.3, -0.25) is 19.5 Å². The zero-order valence-corrected chi connectivity index (χ0v) is 19.8. The highest BCUT2D eigenvalue weighted by molar-refractivity contribution is 7.21. The Hall–Kier alpha value is -3.06. The van der Waals surface area contributed by atoms with Crippen molar-refractivity contribution in [3.63, 3.8) is 0 Å². The van der Waals surface area contributed by atoms with E-state index in [-0.39, 0.29) is 11.8 Å². The number of amides is 2. The summed E-state index contributed by atoms with van der Waals surface area (Å²) in [6.07, 6.45) is 4.71. The van der Waals surface area contributed by atoms with E-state index in [9.17, 15) is 9.59 Å². The number of benzene rings is 2. The Bertz CT molecular complexity index is 1300. The van der Waals surface area contributed by atoms with Crippen LogP contribution in [0.1, 0.15) is 37.7 Å². The van der Waals surface area contributed by atoms with Crippen LogP contribution < -0.4 is 0 Å². The van der Waals surface area contributed by atoms with Gasteiger partial charge in [0.05, 0.1) is 10.2 Å². The summed E-state index contributed by atoms with van der Waals surface area (Å²) in [5.41, 5.74) is 2.55. The maximum atomic E-state index is 13.3. The zero-order valence-electron chi connectivity index (χ0n) is 18.9. The van der Waals surface area contributed by atoms with Crippen LogP contribution in [0.3, 0.4) is 0 Å². The number of hydrogen-bond acceptors (Lipinski definition) is 5. The molecule has 2 saturated carbocycles. The van der Waals surface area contributed by atoms with Gasteiger partial charge in [-0.25, -0.2) is 4.98 Å². The molecule has 34 heavy (non-hydrogen) atoms. The standard InChI is InChI=1S/C27H26N4O2S/c32-25(20-9-10-20)30-14-11-17(15-30)16-31-23(29-27(12-13-27)26(31)33)18-5-7-19(8-6-18)24-28-21-3-1-2-4-22(21)34-24/h1-8,17,20H,9-16H2. The highest BCUT2D eigenvalue weighted by Crippen LogP contribution is 2.46. The van der Waals surface area contributed by atoms with E-state index in [1.807, 2.05) is 28.0 Å². The molecule has 0 bridgehead atoms. The molecule has 172 valence electrons. The Balaban J connectivity index is 1.12. The number of rotatable bonds is 5. The number of aromatic nitrogens is 1. The lowest BCUT2D eigenvalue weighted by molar-refractivity contribution is -0.131. The summed E-state index contributed by atoms with van der Waals surface area (Å²) in [6.45, 7) is 2.22. The van der Waals surface area contributed by atoms with E-state index >= 15 is 0 Å². The molecule has 1 atom stereocenters. The Labute approximate surface area is 202 Å². The fourth-order valence-corrected chi connectivity index (χ4v) is 6.25. The maximum Gasteiger partial charge on any atom is 0.256 e. The molecule has 6 nitrogen and oxygen atoms in total. The highest BCUT2D eigenvalue weighted by Gasteiger charge is 2.57. The molecule has 3 aromatic rings. The Morgan fingerprint density at radius 3 is 2.53 bits per heavy atom. The molecule has 1 aromatic heterocycles. The van der Waals surface area contributed by atoms with E-state index in [0.29, 0.717) is 18.4 Å². The first-order valence-corrected chi connectivity index (χ1v) is 13.1. The number of carbonyl (C=O) groups is 2. The first kappa shape index (κ1) is 20.3. The molecule has 0 radical (unpaired) electrons. The molecule has 4 aliphatic rings. The van der Waals surface area contributed by atoms with Gasteiger partial charge in [-0.1, -0.05) is 36.4 Å². The summed E-state index contributed by atoms with van der Waals surface area (Å²) in [4.78, 5) is 39.4. The van der Waals surface area contributed by atoms with Crippen molar-refractivity contribution in [1.29, 1.82) is 0 Å². The van der Waals surface area contributed by atoms with Gasteiger partial charge in [0.1, 0.15) is 16.4 Å². The lowest BCUT2D eigenvalue weighted by atomic mass is 10.1. The third-order valence-corrected chi connectivity index (χ3v) is 8.68. The zero-order chi connectivity index (χ0) is 22.9. The summed E-state index contributed by atoms with van der Waals surface area (Å²) in [7, 11) is 0. The van der Waals surface area contributed by atoms with Crippen molar-refractivity contribution in [1.82, 2.24) is 14.8 Å². The second-order valence-corrected chi connectivity index (χ2v) is 11.2. The van der Waals surface area contributed by atoms with Crippen LogP contribution >= 0.6 is 11.3 Å². The van der Waals surface area contributed by atoms with Crippen LogP contribution in [-0.2, 0) is 9.59 Å². The van der Waals surface area contributed by atoms with Crippen molar-refractivity contribution in [2.45, 2.75) is 37.6 Å². The van der Waals surface area contributed by atoms with Gasteiger partial charge < -0.3 is 4.90 Å². The van der Waals surface area contributed by atoms with Gasteiger partial charge >= 0.3 is 0 Å². The van der Waals surface area contributed by atoms with Crippen molar-refractivity contribution in [3.05, 3.63) is 54.1 Å². The van der Waals surface area contributed by atoms with Gasteiger partial charge in [0.2, 0.25) is 5.91 Å². The van der Waals surface area contributed by atoms with Crippen LogP contribution in [0.25, 0.3) is 20.8 Å². The van der Waals surface area contributed by atoms with E-state index < -0.39 is 5.54 Å². The predicted molar refractivity (Wildman–Crippen MR) is 133 cm³/mol. The molecule has 1 unspecified atom stereocenters. The molecule has 7 heteroatoms. The monoisotopic (exact) mass is 470 g/mol. The first-order chi connectivity index (χ1) is 16.6. The number of thiazole rings is 1. The van der Waals surface area contributed by atoms with Gasteiger partial charge in [-0.2, -0.15) is 0 Å². The van der Waals surface area contributed by atoms with Crippen LogP contribution in [0.15, 0.2) is 53.5 Å². The molecular formula is C27H26N4O2S. The molecule has 0 N–H and O–H groups in total. The lowest BCUT2D eigenvalue weighted by Crippen LogP contribution is -2.40. The normalized spacial score (nSPS) is 23.2. The molecule has 2 aliphatic heterocycles. The number of carbonyl (C=O) groups excluding carboxylic acids is 2. The molecule has 3 fully saturated rings. The molecule has 1 saturated heterocycles. The van der Waals surface area contributed by atoms with Gasteiger partial charge in [-0.05, 0) is 50.2 Å². The number of likely N-dealkylation sites (tertiary alicyclic amines) is 1. The SMILES string of the molecule is O=C(C1CC1)N1CCC(CN2C(=O)C3(CC3)N=C2c2ccc(-c3nc4ccccc4s3)cc2)C1. The summed E-state index contributed by atoms with van der Waals surface area (Å²) in [5.74, 6) is 1.82. The Morgan fingerprint density at radius 1 is 1.03 bits per heavy atom. The third kappa shape index (κ3) is 3.36. The van der Waals surface area contributed by atoms with Crippen molar-refractivity contribution in [3.8, 4) is 10.6 Å². The molecule has 2 aromatic carbocycles. The molecule has 2 aliphatic carbocycles. The maximum absolute atomic E-state index is 13.3. The molecule has 1 spiro atoms. The Morgan fingerprint density at radius 2 is 1.79 bits per heavy atom. The molecule has 2 amide bonds. The largest absolute Gasteiger partial charge is 0.342 e. The minimum Gasteiger partial charge on any atom is -0.342 e. The summed E-state index contributed by atoms with van der Waals surface area (Å²) < 4.78 is 1.18. The number of fused-ring (bicyclic) bond motifs is 1. The minimum atomic E-state index is -0.525. The number of nitrogens with zero attached hydrogens (tertiary/aromatic N) is 4. The fourth-order valence-electron chi connectivity index (χ4n) is 5.28. The second-order valence-electron chi connectivity index (χ2n) is 10.2. The molecule has 3 heterocycles. The van der Waals surface area contributed by atoms with Crippen molar-refractivity contribution < 1.29 is 9.59 Å². The number of amidine groups is 1. The van der Waals surface area contributed by atoms with E-state index in [0.717, 1.165) is 72.7 Å². The number of para-hydroxylation sites is 1. The molecular weight excluding hydrogens is 444 g/mol. The predicted octanol–water partition coefficient (Wildman–Crippen LogP) is 4.34. The van der Waals surface area contributed by atoms with Gasteiger partial charge in [0.25, 0.3) is 5.91 Å². The average Bonchev–Trinajstić information content (AvgIpc) is 3.75. The van der Waals surface area contributed by atoms with E-state index in [1.165, 1.54) is 4.70 Å². The van der Waals surface area contributed by atoms with Gasteiger partial charge in [0, 0.05) is 36.7 Å². The van der Waals surface area contributed by atoms with E-state index in [2.05, 4.69) is 30.3 Å². The van der Waals surface area contributed by atoms with Crippen molar-refractivity contribution in [2.24, 2.45) is 16.8 Å². The third-order valence-electron chi connectivity index (χ3n) is 7.59. The summed E-state index contributed by atoms with van der Waals surface area (Å²) in [6, 6.07) is 16.5. The second kappa shape index (κ2) is 7.47. The number of hydrogen-bond donors (Lipinski definition) is 0. The quantitative estimate of drug-likeness (QED) is 0.557. The first-order valence-electron chi connectivity index (χ1n) is 12.3. The van der Waals surface area contributed by atoms with Crippen LogP contribution in [-0.4, -0.2) is 57.6 Å². The van der Waals surface area contributed by atoms with Crippen LogP contribution in [0, 0.1) is 11.8 Å². The summed E-state index contributed by atoms with van der Waals surface area (Å²) in [5, 5.41) is 0.999. The van der Waals surface area contributed by atoms with Crippen LogP contribution in [0.5, 0.6) is 0 Å². The van der Waals surface area contributed by atoms with E-state index in [4.69, 9.17) is 9.98 Å². The lowest BCUT2D eigenvalue weighted by Gasteiger charge is -2.23. The van der Waals surface area contributed by atoms with Crippen LogP contribution in [0.2, 0.25) is 0 Å². The number of aliphatic imine (C=N–C) groups is 1. The van der Waals surface area contributed by atoms with E-state index in [1.54, 1.807) is 11.3 Å². The smallest absolute Gasteiger partial charge is 0.256 e. The van der Waals surface area contributed by atoms with Gasteiger partial charge in [0.15, 0.2) is 0 Å². The summed E-state index contributed by atoms with van der Waals surface area (Å²) >= 11 is 1.69. The average molecular weight is 471 g/mol.